The third-order valence-electron chi connectivity index (χ3n) is 4.99. The molecule has 0 aromatic carbocycles. The fraction of sp³-hybridized carbons (Fsp3) is 0.950. The van der Waals surface area contributed by atoms with Crippen molar-refractivity contribution in [3.8, 4) is 0 Å². The Morgan fingerprint density at radius 3 is 2.17 bits per heavy atom. The molecule has 0 aromatic rings. The summed E-state index contributed by atoms with van der Waals surface area (Å²) in [5, 5.41) is 3.73. The van der Waals surface area contributed by atoms with E-state index < -0.39 is 0 Å². The van der Waals surface area contributed by atoms with Gasteiger partial charge in [0.2, 0.25) is 5.91 Å². The van der Waals surface area contributed by atoms with Gasteiger partial charge in [-0.2, -0.15) is 0 Å². The lowest BCUT2D eigenvalue weighted by Gasteiger charge is -2.49. The summed E-state index contributed by atoms with van der Waals surface area (Å²) < 4.78 is 0. The summed E-state index contributed by atoms with van der Waals surface area (Å²) in [6.07, 6.45) is 7.38. The molecule has 1 heterocycles. The molecule has 3 nitrogen and oxygen atoms in total. The third kappa shape index (κ3) is 6.82. The van der Waals surface area contributed by atoms with Crippen molar-refractivity contribution in [1.82, 2.24) is 10.2 Å². The van der Waals surface area contributed by atoms with Gasteiger partial charge in [-0.05, 0) is 52.9 Å². The fourth-order valence-corrected chi connectivity index (χ4v) is 4.34. The predicted molar refractivity (Wildman–Crippen MR) is 99.6 cm³/mol. The van der Waals surface area contributed by atoms with E-state index in [2.05, 4.69) is 58.7 Å². The Balaban J connectivity index is 2.85. The number of hydrogen-bond donors (Lipinski definition) is 1. The molecule has 1 N–H and O–H groups in total. The van der Waals surface area contributed by atoms with Crippen LogP contribution in [0.3, 0.4) is 0 Å². The number of amides is 1. The Kier molecular flexibility index (Phi) is 7.57. The first kappa shape index (κ1) is 20.5. The maximum Gasteiger partial charge on any atom is 0.223 e. The van der Waals surface area contributed by atoms with Crippen LogP contribution in [-0.4, -0.2) is 34.5 Å². The van der Waals surface area contributed by atoms with Crippen molar-refractivity contribution >= 4 is 5.91 Å². The highest BCUT2D eigenvalue weighted by Gasteiger charge is 2.41. The molecule has 1 atom stereocenters. The number of rotatable bonds is 8. The Morgan fingerprint density at radius 1 is 1.13 bits per heavy atom. The van der Waals surface area contributed by atoms with E-state index in [1.807, 2.05) is 0 Å². The van der Waals surface area contributed by atoms with Crippen LogP contribution in [0.4, 0.5) is 0 Å². The zero-order valence-electron chi connectivity index (χ0n) is 16.7. The summed E-state index contributed by atoms with van der Waals surface area (Å²) in [5.41, 5.74) is 0.179. The van der Waals surface area contributed by atoms with Crippen molar-refractivity contribution in [3.05, 3.63) is 0 Å². The molecule has 23 heavy (non-hydrogen) atoms. The van der Waals surface area contributed by atoms with E-state index in [9.17, 15) is 4.79 Å². The van der Waals surface area contributed by atoms with Crippen molar-refractivity contribution in [2.75, 3.05) is 6.54 Å². The van der Waals surface area contributed by atoms with Gasteiger partial charge in [0.1, 0.15) is 0 Å². The first-order chi connectivity index (χ1) is 10.6. The molecule has 0 saturated carbocycles. The number of piperidine rings is 1. The molecule has 0 aromatic heterocycles. The molecule has 0 aliphatic carbocycles. The van der Waals surface area contributed by atoms with Gasteiger partial charge in [-0.25, -0.2) is 0 Å². The van der Waals surface area contributed by atoms with Gasteiger partial charge in [-0.15, -0.1) is 0 Å². The molecule has 0 spiro atoms. The topological polar surface area (TPSA) is 32.3 Å². The molecule has 1 aliphatic heterocycles. The molecule has 1 rings (SSSR count). The van der Waals surface area contributed by atoms with Gasteiger partial charge in [0.15, 0.2) is 0 Å². The summed E-state index contributed by atoms with van der Waals surface area (Å²) in [6, 6.07) is 0.370. The first-order valence-corrected chi connectivity index (χ1v) is 9.69. The fourth-order valence-electron chi connectivity index (χ4n) is 4.34. The van der Waals surface area contributed by atoms with Crippen LogP contribution in [0.25, 0.3) is 0 Å². The maximum atomic E-state index is 13.0. The molecule has 1 amide bonds. The SMILES string of the molecule is CCCCN(C(=O)CC(C)CCC)C1CC(C)(C)NC(C)(C)C1. The number of carbonyl (C=O) groups excluding carboxylic acids is 1. The van der Waals surface area contributed by atoms with Crippen LogP contribution in [0.5, 0.6) is 0 Å². The number of carbonyl (C=O) groups is 1. The molecule has 0 radical (unpaired) electrons. The minimum atomic E-state index is 0.0895. The maximum absolute atomic E-state index is 13.0. The van der Waals surface area contributed by atoms with E-state index in [1.165, 1.54) is 0 Å². The van der Waals surface area contributed by atoms with E-state index in [0.717, 1.165) is 45.1 Å². The zero-order chi connectivity index (χ0) is 17.7. The van der Waals surface area contributed by atoms with Gasteiger partial charge in [0.05, 0.1) is 0 Å². The minimum absolute atomic E-state index is 0.0895. The van der Waals surface area contributed by atoms with E-state index in [-0.39, 0.29) is 11.1 Å². The van der Waals surface area contributed by atoms with Crippen LogP contribution in [-0.2, 0) is 4.79 Å². The highest BCUT2D eigenvalue weighted by molar-refractivity contribution is 5.76. The Labute approximate surface area is 144 Å². The number of nitrogens with zero attached hydrogens (tertiary/aromatic N) is 1. The average Bonchev–Trinajstić information content (AvgIpc) is 2.35. The largest absolute Gasteiger partial charge is 0.340 e. The molecule has 1 saturated heterocycles. The predicted octanol–water partition coefficient (Wildman–Crippen LogP) is 4.75. The molecule has 1 aliphatic rings. The van der Waals surface area contributed by atoms with Crippen LogP contribution in [0.15, 0.2) is 0 Å². The molecular formula is C20H40N2O. The van der Waals surface area contributed by atoms with Crippen LogP contribution in [0.2, 0.25) is 0 Å². The van der Waals surface area contributed by atoms with E-state index in [0.29, 0.717) is 24.3 Å². The highest BCUT2D eigenvalue weighted by Crippen LogP contribution is 2.32. The molecule has 1 unspecified atom stereocenters. The summed E-state index contributed by atoms with van der Waals surface area (Å²) >= 11 is 0. The number of hydrogen-bond acceptors (Lipinski definition) is 2. The summed E-state index contributed by atoms with van der Waals surface area (Å²) in [7, 11) is 0. The van der Waals surface area contributed by atoms with Crippen LogP contribution in [0, 0.1) is 5.92 Å². The third-order valence-corrected chi connectivity index (χ3v) is 4.99. The second-order valence-corrected chi connectivity index (χ2v) is 8.99. The molecule has 136 valence electrons. The van der Waals surface area contributed by atoms with Gasteiger partial charge >= 0.3 is 0 Å². The molecule has 3 heteroatoms. The average molecular weight is 325 g/mol. The van der Waals surface area contributed by atoms with Crippen LogP contribution in [0.1, 0.15) is 93.4 Å². The van der Waals surface area contributed by atoms with Gasteiger partial charge in [0, 0.05) is 30.1 Å². The number of unbranched alkanes of at least 4 members (excludes halogenated alkanes) is 1. The second-order valence-electron chi connectivity index (χ2n) is 8.99. The summed E-state index contributed by atoms with van der Waals surface area (Å²) in [4.78, 5) is 15.2. The van der Waals surface area contributed by atoms with Gasteiger partial charge < -0.3 is 10.2 Å². The minimum Gasteiger partial charge on any atom is -0.340 e. The van der Waals surface area contributed by atoms with Crippen molar-refractivity contribution in [2.45, 2.75) is 111 Å². The highest BCUT2D eigenvalue weighted by atomic mass is 16.2. The van der Waals surface area contributed by atoms with Crippen molar-refractivity contribution in [1.29, 1.82) is 0 Å². The lowest BCUT2D eigenvalue weighted by Crippen LogP contribution is -2.63. The lowest BCUT2D eigenvalue weighted by molar-refractivity contribution is -0.136. The monoisotopic (exact) mass is 324 g/mol. The van der Waals surface area contributed by atoms with Crippen molar-refractivity contribution < 1.29 is 4.79 Å². The Bertz CT molecular complexity index is 360. The first-order valence-electron chi connectivity index (χ1n) is 9.69. The molecule has 0 bridgehead atoms. The smallest absolute Gasteiger partial charge is 0.223 e. The van der Waals surface area contributed by atoms with Gasteiger partial charge in [-0.3, -0.25) is 4.79 Å². The Hall–Kier alpha value is -0.570. The number of nitrogens with one attached hydrogen (secondary N) is 1. The van der Waals surface area contributed by atoms with Crippen LogP contribution >= 0.6 is 0 Å². The van der Waals surface area contributed by atoms with Crippen molar-refractivity contribution in [3.63, 3.8) is 0 Å². The van der Waals surface area contributed by atoms with Crippen molar-refractivity contribution in [2.24, 2.45) is 5.92 Å². The van der Waals surface area contributed by atoms with Gasteiger partial charge in [-0.1, -0.05) is 40.0 Å². The Morgan fingerprint density at radius 2 is 1.70 bits per heavy atom. The standard InChI is InChI=1S/C20H40N2O/c1-8-10-12-22(18(23)13-16(3)11-9-2)17-14-19(4,5)21-20(6,7)15-17/h16-17,21H,8-15H2,1-7H3. The van der Waals surface area contributed by atoms with E-state index in [4.69, 9.17) is 0 Å². The van der Waals surface area contributed by atoms with E-state index >= 15 is 0 Å². The summed E-state index contributed by atoms with van der Waals surface area (Å²) in [5.74, 6) is 0.872. The zero-order valence-corrected chi connectivity index (χ0v) is 16.7. The molecule has 1 fully saturated rings. The normalized spacial score (nSPS) is 21.9. The van der Waals surface area contributed by atoms with Gasteiger partial charge in [0.25, 0.3) is 0 Å². The van der Waals surface area contributed by atoms with Crippen LogP contribution < -0.4 is 5.32 Å². The van der Waals surface area contributed by atoms with E-state index in [1.54, 1.807) is 0 Å². The molecular weight excluding hydrogens is 284 g/mol. The summed E-state index contributed by atoms with van der Waals surface area (Å²) in [6.45, 7) is 16.6. The second kappa shape index (κ2) is 8.50. The quantitative estimate of drug-likeness (QED) is 0.699. The lowest BCUT2D eigenvalue weighted by atomic mass is 9.78.